The Morgan fingerprint density at radius 3 is 2.52 bits per heavy atom. The summed E-state index contributed by atoms with van der Waals surface area (Å²) in [4.78, 5) is 15.7. The number of para-hydroxylation sites is 1. The number of rotatable bonds is 4. The summed E-state index contributed by atoms with van der Waals surface area (Å²) in [5.74, 6) is 0.399. The summed E-state index contributed by atoms with van der Waals surface area (Å²) in [6.07, 6.45) is 1.72. The molecule has 116 valence electrons. The number of ether oxygens (including phenoxy) is 1. The van der Waals surface area contributed by atoms with Crippen molar-refractivity contribution in [3.05, 3.63) is 54.7 Å². The lowest BCUT2D eigenvalue weighted by molar-refractivity contribution is -0.114. The van der Waals surface area contributed by atoms with Crippen LogP contribution >= 0.6 is 0 Å². The molecule has 0 bridgehead atoms. The molecule has 0 atom stereocenters. The number of fused-ring (bicyclic) bond motifs is 1. The minimum absolute atomic E-state index is 0.152. The Bertz CT molecular complexity index is 848. The zero-order chi connectivity index (χ0) is 16.2. The largest absolute Gasteiger partial charge is 0.492 e. The SMILES string of the molecule is COc1c(NC(C)=O)ccc2c(Nc3ccccc3)ccnc12. The van der Waals surface area contributed by atoms with Crippen LogP contribution in [0.15, 0.2) is 54.7 Å². The van der Waals surface area contributed by atoms with E-state index in [1.165, 1.54) is 6.92 Å². The number of anilines is 3. The first-order valence-corrected chi connectivity index (χ1v) is 7.24. The highest BCUT2D eigenvalue weighted by molar-refractivity contribution is 6.02. The van der Waals surface area contributed by atoms with Crippen LogP contribution in [0, 0.1) is 0 Å². The van der Waals surface area contributed by atoms with Gasteiger partial charge in [-0.05, 0) is 30.3 Å². The zero-order valence-corrected chi connectivity index (χ0v) is 13.0. The number of carbonyl (C=O) groups is 1. The molecule has 0 aliphatic rings. The van der Waals surface area contributed by atoms with Crippen molar-refractivity contribution in [2.45, 2.75) is 6.92 Å². The predicted molar refractivity (Wildman–Crippen MR) is 92.3 cm³/mol. The van der Waals surface area contributed by atoms with Crippen LogP contribution in [-0.2, 0) is 4.79 Å². The number of methoxy groups -OCH3 is 1. The van der Waals surface area contributed by atoms with Gasteiger partial charge in [-0.1, -0.05) is 18.2 Å². The normalized spacial score (nSPS) is 10.3. The maximum absolute atomic E-state index is 11.3. The fourth-order valence-electron chi connectivity index (χ4n) is 2.47. The third-order valence-corrected chi connectivity index (χ3v) is 3.43. The van der Waals surface area contributed by atoms with Crippen LogP contribution in [-0.4, -0.2) is 18.0 Å². The molecule has 1 heterocycles. The van der Waals surface area contributed by atoms with Gasteiger partial charge in [-0.25, -0.2) is 0 Å². The molecule has 3 rings (SSSR count). The summed E-state index contributed by atoms with van der Waals surface area (Å²) in [6, 6.07) is 15.6. The number of pyridine rings is 1. The second-order valence-electron chi connectivity index (χ2n) is 5.07. The number of hydrogen-bond donors (Lipinski definition) is 2. The maximum Gasteiger partial charge on any atom is 0.221 e. The van der Waals surface area contributed by atoms with Crippen molar-refractivity contribution in [3.8, 4) is 5.75 Å². The summed E-state index contributed by atoms with van der Waals surface area (Å²) in [5.41, 5.74) is 3.22. The fraction of sp³-hybridized carbons (Fsp3) is 0.111. The van der Waals surface area contributed by atoms with Gasteiger partial charge in [-0.2, -0.15) is 0 Å². The number of amides is 1. The summed E-state index contributed by atoms with van der Waals surface area (Å²) < 4.78 is 5.46. The molecular formula is C18H17N3O2. The van der Waals surface area contributed by atoms with Gasteiger partial charge in [0, 0.05) is 29.9 Å². The van der Waals surface area contributed by atoms with Gasteiger partial charge < -0.3 is 15.4 Å². The number of carbonyl (C=O) groups excluding carboxylic acids is 1. The first kappa shape index (κ1) is 14.8. The maximum atomic E-state index is 11.3. The molecule has 1 amide bonds. The molecule has 0 fully saturated rings. The summed E-state index contributed by atoms with van der Waals surface area (Å²) in [5, 5.41) is 7.06. The molecule has 5 nitrogen and oxygen atoms in total. The molecule has 3 aromatic rings. The minimum Gasteiger partial charge on any atom is -0.492 e. The van der Waals surface area contributed by atoms with Crippen molar-refractivity contribution in [2.24, 2.45) is 0 Å². The fourth-order valence-corrected chi connectivity index (χ4v) is 2.47. The van der Waals surface area contributed by atoms with Gasteiger partial charge in [0.1, 0.15) is 5.52 Å². The highest BCUT2D eigenvalue weighted by atomic mass is 16.5. The molecule has 0 spiro atoms. The lowest BCUT2D eigenvalue weighted by Crippen LogP contribution is -2.07. The van der Waals surface area contributed by atoms with Crippen molar-refractivity contribution in [1.29, 1.82) is 0 Å². The molecule has 0 aliphatic carbocycles. The van der Waals surface area contributed by atoms with Gasteiger partial charge in [0.25, 0.3) is 0 Å². The van der Waals surface area contributed by atoms with E-state index in [2.05, 4.69) is 15.6 Å². The first-order chi connectivity index (χ1) is 11.2. The van der Waals surface area contributed by atoms with E-state index >= 15 is 0 Å². The van der Waals surface area contributed by atoms with E-state index in [1.54, 1.807) is 13.3 Å². The average Bonchev–Trinajstić information content (AvgIpc) is 2.55. The molecular weight excluding hydrogens is 290 g/mol. The molecule has 0 radical (unpaired) electrons. The van der Waals surface area contributed by atoms with Crippen LogP contribution in [0.1, 0.15) is 6.92 Å². The third kappa shape index (κ3) is 3.08. The Labute approximate surface area is 134 Å². The van der Waals surface area contributed by atoms with Crippen LogP contribution in [0.2, 0.25) is 0 Å². The van der Waals surface area contributed by atoms with E-state index in [-0.39, 0.29) is 5.91 Å². The lowest BCUT2D eigenvalue weighted by Gasteiger charge is -2.14. The number of benzene rings is 2. The molecule has 2 aromatic carbocycles. The summed E-state index contributed by atoms with van der Waals surface area (Å²) in [7, 11) is 1.57. The molecule has 1 aromatic heterocycles. The van der Waals surface area contributed by atoms with Crippen LogP contribution in [0.3, 0.4) is 0 Å². The molecule has 2 N–H and O–H groups in total. The van der Waals surface area contributed by atoms with E-state index in [1.807, 2.05) is 48.5 Å². The van der Waals surface area contributed by atoms with Crippen LogP contribution < -0.4 is 15.4 Å². The van der Waals surface area contributed by atoms with Crippen molar-refractivity contribution in [2.75, 3.05) is 17.7 Å². The average molecular weight is 307 g/mol. The van der Waals surface area contributed by atoms with E-state index in [9.17, 15) is 4.79 Å². The molecule has 0 saturated carbocycles. The molecule has 0 saturated heterocycles. The smallest absolute Gasteiger partial charge is 0.221 e. The Balaban J connectivity index is 2.09. The Morgan fingerprint density at radius 2 is 1.83 bits per heavy atom. The van der Waals surface area contributed by atoms with Crippen molar-refractivity contribution in [3.63, 3.8) is 0 Å². The number of aromatic nitrogens is 1. The highest BCUT2D eigenvalue weighted by Gasteiger charge is 2.13. The highest BCUT2D eigenvalue weighted by Crippen LogP contribution is 2.36. The van der Waals surface area contributed by atoms with E-state index in [4.69, 9.17) is 4.74 Å². The van der Waals surface area contributed by atoms with Crippen LogP contribution in [0.5, 0.6) is 5.75 Å². The van der Waals surface area contributed by atoms with E-state index < -0.39 is 0 Å². The van der Waals surface area contributed by atoms with Crippen molar-refractivity contribution >= 4 is 33.9 Å². The first-order valence-electron chi connectivity index (χ1n) is 7.24. The molecule has 0 aliphatic heterocycles. The molecule has 5 heteroatoms. The molecule has 0 unspecified atom stereocenters. The van der Waals surface area contributed by atoms with Gasteiger partial charge in [-0.3, -0.25) is 9.78 Å². The standard InChI is InChI=1S/C18H17N3O2/c1-12(22)20-16-9-8-14-15(21-13-6-4-3-5-7-13)10-11-19-17(14)18(16)23-2/h3-11H,1-2H3,(H,19,21)(H,20,22). The van der Waals surface area contributed by atoms with E-state index in [0.717, 1.165) is 16.8 Å². The zero-order valence-electron chi connectivity index (χ0n) is 13.0. The van der Waals surface area contributed by atoms with Gasteiger partial charge >= 0.3 is 0 Å². The second kappa shape index (κ2) is 6.36. The summed E-state index contributed by atoms with van der Waals surface area (Å²) >= 11 is 0. The second-order valence-corrected chi connectivity index (χ2v) is 5.07. The quantitative estimate of drug-likeness (QED) is 0.766. The van der Waals surface area contributed by atoms with Crippen LogP contribution in [0.25, 0.3) is 10.9 Å². The summed E-state index contributed by atoms with van der Waals surface area (Å²) in [6.45, 7) is 1.46. The lowest BCUT2D eigenvalue weighted by atomic mass is 10.1. The molecule has 23 heavy (non-hydrogen) atoms. The van der Waals surface area contributed by atoms with Crippen molar-refractivity contribution < 1.29 is 9.53 Å². The monoisotopic (exact) mass is 307 g/mol. The Kier molecular flexibility index (Phi) is 4.10. The predicted octanol–water partition coefficient (Wildman–Crippen LogP) is 3.95. The number of nitrogens with one attached hydrogen (secondary N) is 2. The van der Waals surface area contributed by atoms with Crippen molar-refractivity contribution in [1.82, 2.24) is 4.98 Å². The third-order valence-electron chi connectivity index (χ3n) is 3.43. The number of hydrogen-bond acceptors (Lipinski definition) is 4. The Morgan fingerprint density at radius 1 is 1.04 bits per heavy atom. The van der Waals surface area contributed by atoms with Gasteiger partial charge in [0.15, 0.2) is 5.75 Å². The van der Waals surface area contributed by atoms with Gasteiger partial charge in [0.05, 0.1) is 12.8 Å². The topological polar surface area (TPSA) is 63.2 Å². The van der Waals surface area contributed by atoms with E-state index in [0.29, 0.717) is 17.0 Å². The minimum atomic E-state index is -0.152. The Hall–Kier alpha value is -3.08. The number of nitrogens with zero attached hydrogens (tertiary/aromatic N) is 1. The van der Waals surface area contributed by atoms with Gasteiger partial charge in [0.2, 0.25) is 5.91 Å². The van der Waals surface area contributed by atoms with Gasteiger partial charge in [-0.15, -0.1) is 0 Å². The van der Waals surface area contributed by atoms with Crippen LogP contribution in [0.4, 0.5) is 17.1 Å².